The third-order valence-electron chi connectivity index (χ3n) is 2.76. The predicted molar refractivity (Wildman–Crippen MR) is 83.1 cm³/mol. The topological polar surface area (TPSA) is 56.5 Å². The molecule has 0 saturated carbocycles. The van der Waals surface area contributed by atoms with Crippen molar-refractivity contribution in [3.05, 3.63) is 33.4 Å². The van der Waals surface area contributed by atoms with Gasteiger partial charge in [0.2, 0.25) is 0 Å². The van der Waals surface area contributed by atoms with Crippen molar-refractivity contribution in [3.8, 4) is 22.2 Å². The molecule has 0 aliphatic rings. The second-order valence-corrected chi connectivity index (χ2v) is 6.29. The first kappa shape index (κ1) is 15.3. The van der Waals surface area contributed by atoms with E-state index >= 15 is 0 Å². The van der Waals surface area contributed by atoms with Crippen LogP contribution >= 0.6 is 33.9 Å². The zero-order valence-corrected chi connectivity index (χ0v) is 13.9. The van der Waals surface area contributed by atoms with Crippen molar-refractivity contribution < 1.29 is 13.2 Å². The molecule has 114 valence electrons. The SMILES string of the molecule is Cn1cncc1-c1cc(I)nc(-c2nc(C(F)(F)F)cs2)n1. The second kappa shape index (κ2) is 5.57. The number of hydrogen-bond acceptors (Lipinski definition) is 5. The zero-order chi connectivity index (χ0) is 15.9. The lowest BCUT2D eigenvalue weighted by Gasteiger charge is -2.04. The quantitative estimate of drug-likeness (QED) is 0.454. The Labute approximate surface area is 140 Å². The van der Waals surface area contributed by atoms with E-state index in [4.69, 9.17) is 0 Å². The Kier molecular flexibility index (Phi) is 3.89. The van der Waals surface area contributed by atoms with Crippen LogP contribution in [0.4, 0.5) is 13.2 Å². The first-order valence-electron chi connectivity index (χ1n) is 5.89. The van der Waals surface area contributed by atoms with Crippen LogP contribution in [0.3, 0.4) is 0 Å². The van der Waals surface area contributed by atoms with Gasteiger partial charge in [-0.25, -0.2) is 19.9 Å². The van der Waals surface area contributed by atoms with Gasteiger partial charge < -0.3 is 4.57 Å². The molecule has 0 amide bonds. The van der Waals surface area contributed by atoms with Crippen molar-refractivity contribution in [2.45, 2.75) is 6.18 Å². The van der Waals surface area contributed by atoms with E-state index < -0.39 is 11.9 Å². The summed E-state index contributed by atoms with van der Waals surface area (Å²) < 4.78 is 40.3. The summed E-state index contributed by atoms with van der Waals surface area (Å²) in [6.45, 7) is 0. The van der Waals surface area contributed by atoms with Crippen molar-refractivity contribution in [2.75, 3.05) is 0 Å². The number of alkyl halides is 3. The van der Waals surface area contributed by atoms with Crippen LogP contribution in [0.15, 0.2) is 24.0 Å². The summed E-state index contributed by atoms with van der Waals surface area (Å²) in [6.07, 6.45) is -1.22. The Balaban J connectivity index is 2.07. The molecule has 0 aromatic carbocycles. The summed E-state index contributed by atoms with van der Waals surface area (Å²) in [7, 11) is 1.81. The summed E-state index contributed by atoms with van der Waals surface area (Å²) in [5, 5.41) is 1.09. The molecule has 0 saturated heterocycles. The van der Waals surface area contributed by atoms with Crippen LogP contribution in [0.5, 0.6) is 0 Å². The maximum Gasteiger partial charge on any atom is 0.434 e. The van der Waals surface area contributed by atoms with Gasteiger partial charge in [0.1, 0.15) is 3.70 Å². The van der Waals surface area contributed by atoms with Gasteiger partial charge in [0.25, 0.3) is 0 Å². The largest absolute Gasteiger partial charge is 0.434 e. The van der Waals surface area contributed by atoms with E-state index in [-0.39, 0.29) is 10.8 Å². The van der Waals surface area contributed by atoms with Gasteiger partial charge in [0.15, 0.2) is 16.5 Å². The van der Waals surface area contributed by atoms with Gasteiger partial charge in [-0.1, -0.05) is 0 Å². The van der Waals surface area contributed by atoms with Crippen LogP contribution in [0.1, 0.15) is 5.69 Å². The molecule has 22 heavy (non-hydrogen) atoms. The lowest BCUT2D eigenvalue weighted by Crippen LogP contribution is -2.05. The molecular weight excluding hydrogens is 430 g/mol. The van der Waals surface area contributed by atoms with Crippen LogP contribution < -0.4 is 0 Å². The van der Waals surface area contributed by atoms with Crippen LogP contribution in [0.2, 0.25) is 0 Å². The van der Waals surface area contributed by atoms with Crippen molar-refractivity contribution in [3.63, 3.8) is 0 Å². The Morgan fingerprint density at radius 3 is 2.59 bits per heavy atom. The summed E-state index contributed by atoms with van der Waals surface area (Å²) in [4.78, 5) is 16.1. The maximum atomic E-state index is 12.6. The fourth-order valence-electron chi connectivity index (χ4n) is 1.76. The predicted octanol–water partition coefficient (Wildman–Crippen LogP) is 3.62. The number of aromatic nitrogens is 5. The highest BCUT2D eigenvalue weighted by Crippen LogP contribution is 2.33. The monoisotopic (exact) mass is 437 g/mol. The summed E-state index contributed by atoms with van der Waals surface area (Å²) in [6, 6.07) is 1.74. The summed E-state index contributed by atoms with van der Waals surface area (Å²) in [5.41, 5.74) is 0.393. The van der Waals surface area contributed by atoms with Gasteiger partial charge in [-0.2, -0.15) is 13.2 Å². The molecule has 3 aromatic rings. The normalized spacial score (nSPS) is 11.9. The third-order valence-corrected chi connectivity index (χ3v) is 4.15. The number of thiazole rings is 1. The molecule has 0 atom stereocenters. The summed E-state index contributed by atoms with van der Waals surface area (Å²) >= 11 is 2.86. The van der Waals surface area contributed by atoms with Gasteiger partial charge >= 0.3 is 6.18 Å². The highest BCUT2D eigenvalue weighted by atomic mass is 127. The number of halogens is 4. The van der Waals surface area contributed by atoms with Crippen LogP contribution in [-0.4, -0.2) is 24.5 Å². The molecule has 0 aliphatic heterocycles. The molecule has 10 heteroatoms. The minimum atomic E-state index is -4.47. The highest BCUT2D eigenvalue weighted by Gasteiger charge is 2.34. The Morgan fingerprint density at radius 1 is 1.23 bits per heavy atom. The molecule has 3 rings (SSSR count). The molecule has 0 radical (unpaired) electrons. The van der Waals surface area contributed by atoms with E-state index in [1.165, 1.54) is 0 Å². The van der Waals surface area contributed by atoms with Crippen molar-refractivity contribution in [1.82, 2.24) is 24.5 Å². The van der Waals surface area contributed by atoms with E-state index in [9.17, 15) is 13.2 Å². The van der Waals surface area contributed by atoms with Crippen molar-refractivity contribution in [1.29, 1.82) is 0 Å². The van der Waals surface area contributed by atoms with Crippen molar-refractivity contribution in [2.24, 2.45) is 7.05 Å². The molecule has 0 spiro atoms. The van der Waals surface area contributed by atoms with Crippen LogP contribution in [0, 0.1) is 3.70 Å². The van der Waals surface area contributed by atoms with Gasteiger partial charge in [-0.15, -0.1) is 11.3 Å². The van der Waals surface area contributed by atoms with Gasteiger partial charge in [0, 0.05) is 12.4 Å². The third kappa shape index (κ3) is 2.97. The van der Waals surface area contributed by atoms with Gasteiger partial charge in [-0.3, -0.25) is 0 Å². The standard InChI is InChI=1S/C12H7F3IN5S/c1-21-5-17-3-7(21)6-2-9(16)20-10(18-6)11-19-8(4-22-11)12(13,14)15/h2-5H,1H3. The number of aryl methyl sites for hydroxylation is 1. The highest BCUT2D eigenvalue weighted by molar-refractivity contribution is 14.1. The van der Waals surface area contributed by atoms with Crippen LogP contribution in [0.25, 0.3) is 22.2 Å². The first-order valence-corrected chi connectivity index (χ1v) is 7.85. The fraction of sp³-hybridized carbons (Fsp3) is 0.167. The van der Waals surface area contributed by atoms with E-state index in [1.54, 1.807) is 23.2 Å². The van der Waals surface area contributed by atoms with Crippen LogP contribution in [-0.2, 0) is 13.2 Å². The lowest BCUT2D eigenvalue weighted by atomic mass is 10.3. The molecule has 0 unspecified atom stereocenters. The molecule has 3 aromatic heterocycles. The average molecular weight is 437 g/mol. The Bertz CT molecular complexity index is 826. The first-order chi connectivity index (χ1) is 10.3. The number of rotatable bonds is 2. The minimum Gasteiger partial charge on any atom is -0.332 e. The van der Waals surface area contributed by atoms with E-state index in [0.717, 1.165) is 22.4 Å². The van der Waals surface area contributed by atoms with E-state index in [0.29, 0.717) is 9.39 Å². The van der Waals surface area contributed by atoms with Crippen molar-refractivity contribution >= 4 is 33.9 Å². The van der Waals surface area contributed by atoms with Gasteiger partial charge in [-0.05, 0) is 28.7 Å². The number of imidazole rings is 1. The number of nitrogens with zero attached hydrogens (tertiary/aromatic N) is 5. The maximum absolute atomic E-state index is 12.6. The Morgan fingerprint density at radius 2 is 2.00 bits per heavy atom. The minimum absolute atomic E-state index is 0.134. The zero-order valence-electron chi connectivity index (χ0n) is 11.0. The van der Waals surface area contributed by atoms with E-state index in [2.05, 4.69) is 19.9 Å². The molecular formula is C12H7F3IN5S. The molecule has 3 heterocycles. The Hall–Kier alpha value is -1.56. The molecule has 0 aliphatic carbocycles. The number of hydrogen-bond donors (Lipinski definition) is 0. The second-order valence-electron chi connectivity index (χ2n) is 4.32. The molecule has 5 nitrogen and oxygen atoms in total. The lowest BCUT2D eigenvalue weighted by molar-refractivity contribution is -0.140. The van der Waals surface area contributed by atoms with E-state index in [1.807, 2.05) is 29.6 Å². The molecule has 0 bridgehead atoms. The smallest absolute Gasteiger partial charge is 0.332 e. The van der Waals surface area contributed by atoms with Gasteiger partial charge in [0.05, 0.1) is 23.9 Å². The average Bonchev–Trinajstić information content (AvgIpc) is 3.05. The fourth-order valence-corrected chi connectivity index (χ4v) is 3.04. The summed E-state index contributed by atoms with van der Waals surface area (Å²) in [5.74, 6) is 0.170. The molecule has 0 fully saturated rings. The molecule has 0 N–H and O–H groups in total.